The Bertz CT molecular complexity index is 190. The van der Waals surface area contributed by atoms with Gasteiger partial charge >= 0.3 is 0 Å². The van der Waals surface area contributed by atoms with Crippen LogP contribution in [0, 0.1) is 11.8 Å². The second kappa shape index (κ2) is 6.70. The molecule has 1 rings (SSSR count). The molecular formula is C11H22N2. The summed E-state index contributed by atoms with van der Waals surface area (Å²) in [6, 6.07) is 0. The lowest BCUT2D eigenvalue weighted by molar-refractivity contribution is 0.365. The van der Waals surface area contributed by atoms with Crippen molar-refractivity contribution in [1.82, 2.24) is 9.55 Å². The summed E-state index contributed by atoms with van der Waals surface area (Å²) in [5.74, 6) is 1.47. The third kappa shape index (κ3) is 4.71. The molecule has 0 aromatic carbocycles. The van der Waals surface area contributed by atoms with E-state index in [9.17, 15) is 0 Å². The molecule has 0 aliphatic carbocycles. The van der Waals surface area contributed by atoms with Crippen LogP contribution in [0.1, 0.15) is 34.6 Å². The quantitative estimate of drug-likeness (QED) is 0.702. The van der Waals surface area contributed by atoms with Gasteiger partial charge in [0.1, 0.15) is 0 Å². The van der Waals surface area contributed by atoms with Crippen LogP contribution in [0.4, 0.5) is 0 Å². The van der Waals surface area contributed by atoms with Gasteiger partial charge in [-0.1, -0.05) is 34.6 Å². The van der Waals surface area contributed by atoms with E-state index in [2.05, 4.69) is 30.3 Å². The predicted octanol–water partition coefficient (Wildman–Crippen LogP) is 3.20. The number of nitrogens with zero attached hydrogens (tertiary/aromatic N) is 2. The Hall–Kier alpha value is -0.790. The first kappa shape index (κ1) is 12.2. The van der Waals surface area contributed by atoms with Crippen LogP contribution in [-0.2, 0) is 6.54 Å². The first-order valence-corrected chi connectivity index (χ1v) is 5.16. The van der Waals surface area contributed by atoms with Gasteiger partial charge in [-0.2, -0.15) is 0 Å². The molecule has 1 aromatic rings. The summed E-state index contributed by atoms with van der Waals surface area (Å²) in [5, 5.41) is 0. The van der Waals surface area contributed by atoms with E-state index in [1.165, 1.54) is 0 Å². The van der Waals surface area contributed by atoms with Gasteiger partial charge in [-0.15, -0.1) is 0 Å². The molecule has 2 nitrogen and oxygen atoms in total. The molecule has 0 saturated heterocycles. The van der Waals surface area contributed by atoms with E-state index in [0.717, 1.165) is 18.4 Å². The maximum atomic E-state index is 4.00. The second-order valence-corrected chi connectivity index (χ2v) is 3.48. The van der Waals surface area contributed by atoms with Gasteiger partial charge in [-0.3, -0.25) is 0 Å². The fourth-order valence-corrected chi connectivity index (χ4v) is 0.938. The maximum absolute atomic E-state index is 4.00. The zero-order valence-electron chi connectivity index (χ0n) is 9.49. The summed E-state index contributed by atoms with van der Waals surface area (Å²) in [5.41, 5.74) is 0. The third-order valence-corrected chi connectivity index (χ3v) is 2.20. The van der Waals surface area contributed by atoms with Crippen molar-refractivity contribution in [3.63, 3.8) is 0 Å². The molecule has 0 aliphatic rings. The zero-order chi connectivity index (χ0) is 10.3. The van der Waals surface area contributed by atoms with Crippen molar-refractivity contribution in [3.05, 3.63) is 18.7 Å². The lowest BCUT2D eigenvalue weighted by atomic mass is 9.98. The van der Waals surface area contributed by atoms with Crippen molar-refractivity contribution in [2.45, 2.75) is 41.2 Å². The van der Waals surface area contributed by atoms with Crippen molar-refractivity contribution in [2.24, 2.45) is 11.8 Å². The van der Waals surface area contributed by atoms with Gasteiger partial charge in [-0.25, -0.2) is 4.98 Å². The minimum absolute atomic E-state index is 0.726. The topological polar surface area (TPSA) is 17.8 Å². The van der Waals surface area contributed by atoms with Crippen molar-refractivity contribution < 1.29 is 0 Å². The average Bonchev–Trinajstić information content (AvgIpc) is 2.60. The van der Waals surface area contributed by atoms with Crippen LogP contribution in [0.2, 0.25) is 0 Å². The Morgan fingerprint density at radius 1 is 1.23 bits per heavy atom. The fourth-order valence-electron chi connectivity index (χ4n) is 0.938. The second-order valence-electron chi connectivity index (χ2n) is 3.48. The highest BCUT2D eigenvalue weighted by atomic mass is 15.0. The van der Waals surface area contributed by atoms with Crippen LogP contribution in [0.15, 0.2) is 18.7 Å². The first-order valence-electron chi connectivity index (χ1n) is 5.16. The number of rotatable bonds is 3. The molecule has 76 valence electrons. The van der Waals surface area contributed by atoms with Crippen molar-refractivity contribution in [3.8, 4) is 0 Å². The molecule has 1 heterocycles. The van der Waals surface area contributed by atoms with E-state index >= 15 is 0 Å². The van der Waals surface area contributed by atoms with Crippen LogP contribution in [-0.4, -0.2) is 9.55 Å². The Balaban J connectivity index is 0.000000671. The monoisotopic (exact) mass is 182 g/mol. The van der Waals surface area contributed by atoms with Crippen LogP contribution >= 0.6 is 0 Å². The van der Waals surface area contributed by atoms with Gasteiger partial charge in [-0.05, 0) is 11.8 Å². The molecule has 0 fully saturated rings. The van der Waals surface area contributed by atoms with E-state index < -0.39 is 0 Å². The standard InChI is InChI=1S/C9H16N2.C2H6/c1-8(2)9(3)6-11-5-4-10-7-11;1-2/h4-5,7-9H,6H2,1-3H3;1-2H3. The summed E-state index contributed by atoms with van der Waals surface area (Å²) in [7, 11) is 0. The largest absolute Gasteiger partial charge is 0.337 e. The molecule has 1 atom stereocenters. The smallest absolute Gasteiger partial charge is 0.0945 e. The van der Waals surface area contributed by atoms with Gasteiger partial charge in [0.25, 0.3) is 0 Å². The summed E-state index contributed by atoms with van der Waals surface area (Å²) in [6.45, 7) is 11.9. The zero-order valence-corrected chi connectivity index (χ0v) is 9.49. The normalized spacial score (nSPS) is 12.2. The van der Waals surface area contributed by atoms with Crippen LogP contribution in [0.25, 0.3) is 0 Å². The van der Waals surface area contributed by atoms with Crippen molar-refractivity contribution in [1.29, 1.82) is 0 Å². The minimum Gasteiger partial charge on any atom is -0.337 e. The SMILES string of the molecule is CC.CC(C)C(C)Cn1ccnc1. The average molecular weight is 182 g/mol. The van der Waals surface area contributed by atoms with E-state index in [1.54, 1.807) is 0 Å². The Morgan fingerprint density at radius 2 is 1.85 bits per heavy atom. The molecule has 13 heavy (non-hydrogen) atoms. The predicted molar refractivity (Wildman–Crippen MR) is 57.6 cm³/mol. The fraction of sp³-hybridized carbons (Fsp3) is 0.727. The number of imidazole rings is 1. The maximum Gasteiger partial charge on any atom is 0.0945 e. The molecule has 0 saturated carbocycles. The number of hydrogen-bond acceptors (Lipinski definition) is 1. The highest BCUT2D eigenvalue weighted by molar-refractivity contribution is 4.75. The molecule has 0 amide bonds. The highest BCUT2D eigenvalue weighted by Gasteiger charge is 2.06. The Labute approximate surface area is 82.0 Å². The summed E-state index contributed by atoms with van der Waals surface area (Å²) < 4.78 is 2.13. The van der Waals surface area contributed by atoms with Crippen molar-refractivity contribution >= 4 is 0 Å². The molecule has 0 spiro atoms. The van der Waals surface area contributed by atoms with Gasteiger partial charge < -0.3 is 4.57 Å². The molecule has 0 radical (unpaired) electrons. The minimum atomic E-state index is 0.726. The molecule has 0 aliphatic heterocycles. The van der Waals surface area contributed by atoms with Crippen LogP contribution in [0.3, 0.4) is 0 Å². The van der Waals surface area contributed by atoms with E-state index in [1.807, 2.05) is 32.6 Å². The van der Waals surface area contributed by atoms with Crippen molar-refractivity contribution in [2.75, 3.05) is 0 Å². The molecular weight excluding hydrogens is 160 g/mol. The molecule has 1 unspecified atom stereocenters. The van der Waals surface area contributed by atoms with Gasteiger partial charge in [0.05, 0.1) is 6.33 Å². The lowest BCUT2D eigenvalue weighted by Gasteiger charge is -2.15. The van der Waals surface area contributed by atoms with E-state index in [0.29, 0.717) is 0 Å². The van der Waals surface area contributed by atoms with E-state index in [-0.39, 0.29) is 0 Å². The van der Waals surface area contributed by atoms with Gasteiger partial charge in [0.15, 0.2) is 0 Å². The first-order chi connectivity index (χ1) is 6.20. The van der Waals surface area contributed by atoms with Crippen LogP contribution in [0.5, 0.6) is 0 Å². The van der Waals surface area contributed by atoms with Gasteiger partial charge in [0.2, 0.25) is 0 Å². The summed E-state index contributed by atoms with van der Waals surface area (Å²) >= 11 is 0. The Kier molecular flexibility index (Phi) is 6.29. The molecule has 0 bridgehead atoms. The molecule has 0 N–H and O–H groups in total. The highest BCUT2D eigenvalue weighted by Crippen LogP contribution is 2.11. The lowest BCUT2D eigenvalue weighted by Crippen LogP contribution is -2.11. The van der Waals surface area contributed by atoms with E-state index in [4.69, 9.17) is 0 Å². The number of aromatic nitrogens is 2. The third-order valence-electron chi connectivity index (χ3n) is 2.20. The Morgan fingerprint density at radius 3 is 2.23 bits per heavy atom. The molecule has 1 aromatic heterocycles. The summed E-state index contributed by atoms with van der Waals surface area (Å²) in [6.07, 6.45) is 5.71. The summed E-state index contributed by atoms with van der Waals surface area (Å²) in [4.78, 5) is 4.00. The molecule has 2 heteroatoms. The number of hydrogen-bond donors (Lipinski definition) is 0. The van der Waals surface area contributed by atoms with Gasteiger partial charge in [0, 0.05) is 18.9 Å². The van der Waals surface area contributed by atoms with Crippen LogP contribution < -0.4 is 0 Å².